The lowest BCUT2D eigenvalue weighted by Crippen LogP contribution is -2.15. The molecule has 1 N–H and O–H groups in total. The van der Waals surface area contributed by atoms with E-state index in [4.69, 9.17) is 21.1 Å². The van der Waals surface area contributed by atoms with Gasteiger partial charge in [0, 0.05) is 17.9 Å². The smallest absolute Gasteiger partial charge is 0.140 e. The van der Waals surface area contributed by atoms with Gasteiger partial charge in [-0.1, -0.05) is 11.6 Å². The molecule has 84 valence electrons. The first-order chi connectivity index (χ1) is 7.83. The molecule has 1 saturated heterocycles. The van der Waals surface area contributed by atoms with E-state index in [1.807, 2.05) is 12.1 Å². The highest BCUT2D eigenvalue weighted by Gasteiger charge is 2.18. The molecular weight excluding hydrogens is 228 g/mol. The second kappa shape index (κ2) is 3.96. The number of aromatic nitrogens is 2. The van der Waals surface area contributed by atoms with Crippen LogP contribution in [0.5, 0.6) is 5.75 Å². The Morgan fingerprint density at radius 1 is 1.50 bits per heavy atom. The van der Waals surface area contributed by atoms with E-state index in [0.29, 0.717) is 17.4 Å². The van der Waals surface area contributed by atoms with E-state index in [0.717, 1.165) is 23.9 Å². The molecule has 1 aromatic carbocycles. The summed E-state index contributed by atoms with van der Waals surface area (Å²) in [6.07, 6.45) is 2.76. The maximum absolute atomic E-state index is 6.13. The lowest BCUT2D eigenvalue weighted by Gasteiger charge is -2.12. The van der Waals surface area contributed by atoms with Crippen molar-refractivity contribution in [3.8, 4) is 5.75 Å². The average molecular weight is 239 g/mol. The average Bonchev–Trinajstić information content (AvgIpc) is 2.89. The van der Waals surface area contributed by atoms with Crippen LogP contribution in [0.2, 0.25) is 5.02 Å². The van der Waals surface area contributed by atoms with Crippen LogP contribution in [0.3, 0.4) is 0 Å². The van der Waals surface area contributed by atoms with Crippen LogP contribution in [0, 0.1) is 0 Å². The summed E-state index contributed by atoms with van der Waals surface area (Å²) in [6, 6.07) is 3.73. The molecule has 5 heteroatoms. The number of fused-ring (bicyclic) bond motifs is 1. The van der Waals surface area contributed by atoms with Gasteiger partial charge >= 0.3 is 0 Å². The topological polar surface area (TPSA) is 47.1 Å². The molecule has 0 radical (unpaired) electrons. The first-order valence-electron chi connectivity index (χ1n) is 5.20. The van der Waals surface area contributed by atoms with Gasteiger partial charge in [-0.2, -0.15) is 5.10 Å². The molecule has 2 aromatic rings. The third-order valence-corrected chi connectivity index (χ3v) is 2.97. The van der Waals surface area contributed by atoms with Crippen molar-refractivity contribution in [3.63, 3.8) is 0 Å². The maximum Gasteiger partial charge on any atom is 0.140 e. The number of hydrogen-bond acceptors (Lipinski definition) is 3. The fourth-order valence-electron chi connectivity index (χ4n) is 1.82. The molecule has 3 rings (SSSR count). The maximum atomic E-state index is 6.13. The van der Waals surface area contributed by atoms with E-state index in [1.54, 1.807) is 6.20 Å². The third-order valence-electron chi connectivity index (χ3n) is 2.67. The number of H-pyrrole nitrogens is 1. The minimum atomic E-state index is 0.109. The van der Waals surface area contributed by atoms with Crippen LogP contribution in [0.15, 0.2) is 18.3 Å². The Kier molecular flexibility index (Phi) is 2.46. The van der Waals surface area contributed by atoms with Crippen LogP contribution in [0.1, 0.15) is 6.42 Å². The van der Waals surface area contributed by atoms with Gasteiger partial charge in [-0.15, -0.1) is 0 Å². The number of rotatable bonds is 2. The van der Waals surface area contributed by atoms with Crippen molar-refractivity contribution in [1.29, 1.82) is 0 Å². The molecule has 0 spiro atoms. The quantitative estimate of drug-likeness (QED) is 0.874. The molecule has 16 heavy (non-hydrogen) atoms. The predicted molar refractivity (Wildman–Crippen MR) is 61.0 cm³/mol. The zero-order chi connectivity index (χ0) is 11.0. The molecule has 1 aliphatic heterocycles. The van der Waals surface area contributed by atoms with E-state index in [1.165, 1.54) is 0 Å². The first kappa shape index (κ1) is 9.93. The van der Waals surface area contributed by atoms with Crippen molar-refractivity contribution in [3.05, 3.63) is 23.4 Å². The number of aromatic amines is 1. The summed E-state index contributed by atoms with van der Waals surface area (Å²) in [7, 11) is 0. The lowest BCUT2D eigenvalue weighted by atomic mass is 10.2. The fourth-order valence-corrected chi connectivity index (χ4v) is 2.04. The van der Waals surface area contributed by atoms with Gasteiger partial charge < -0.3 is 9.47 Å². The number of benzene rings is 1. The largest absolute Gasteiger partial charge is 0.486 e. The van der Waals surface area contributed by atoms with Gasteiger partial charge in [0.1, 0.15) is 11.9 Å². The van der Waals surface area contributed by atoms with E-state index >= 15 is 0 Å². The lowest BCUT2D eigenvalue weighted by molar-refractivity contribution is 0.141. The van der Waals surface area contributed by atoms with Gasteiger partial charge in [0.05, 0.1) is 29.9 Å². The summed E-state index contributed by atoms with van der Waals surface area (Å²) in [6.45, 7) is 1.39. The molecule has 0 saturated carbocycles. The summed E-state index contributed by atoms with van der Waals surface area (Å²) in [5, 5.41) is 8.44. The van der Waals surface area contributed by atoms with Crippen molar-refractivity contribution < 1.29 is 9.47 Å². The first-order valence-corrected chi connectivity index (χ1v) is 5.58. The van der Waals surface area contributed by atoms with Crippen molar-refractivity contribution in [2.24, 2.45) is 0 Å². The summed E-state index contributed by atoms with van der Waals surface area (Å²) in [4.78, 5) is 0. The molecule has 1 aliphatic rings. The van der Waals surface area contributed by atoms with Gasteiger partial charge in [0.25, 0.3) is 0 Å². The van der Waals surface area contributed by atoms with E-state index in [2.05, 4.69) is 10.2 Å². The zero-order valence-corrected chi connectivity index (χ0v) is 9.33. The monoisotopic (exact) mass is 238 g/mol. The van der Waals surface area contributed by atoms with Crippen LogP contribution in [0.4, 0.5) is 0 Å². The number of nitrogens with one attached hydrogen (secondary N) is 1. The normalized spacial score (nSPS) is 20.4. The zero-order valence-electron chi connectivity index (χ0n) is 8.57. The molecule has 2 heterocycles. The van der Waals surface area contributed by atoms with Crippen molar-refractivity contribution >= 4 is 22.5 Å². The molecule has 1 aromatic heterocycles. The Morgan fingerprint density at radius 2 is 2.44 bits per heavy atom. The van der Waals surface area contributed by atoms with Crippen molar-refractivity contribution in [1.82, 2.24) is 10.2 Å². The highest BCUT2D eigenvalue weighted by atomic mass is 35.5. The van der Waals surface area contributed by atoms with E-state index in [-0.39, 0.29) is 6.10 Å². The van der Waals surface area contributed by atoms with Gasteiger partial charge in [-0.05, 0) is 6.07 Å². The highest BCUT2D eigenvalue weighted by molar-refractivity contribution is 6.32. The van der Waals surface area contributed by atoms with E-state index < -0.39 is 0 Å². The Labute approximate surface area is 97.5 Å². The van der Waals surface area contributed by atoms with Crippen molar-refractivity contribution in [2.75, 3.05) is 13.2 Å². The summed E-state index contributed by atoms with van der Waals surface area (Å²) in [5.41, 5.74) is 0.929. The molecule has 0 amide bonds. The molecule has 0 aliphatic carbocycles. The van der Waals surface area contributed by atoms with Gasteiger partial charge in [-0.25, -0.2) is 0 Å². The molecule has 0 bridgehead atoms. The van der Waals surface area contributed by atoms with Crippen LogP contribution in [0.25, 0.3) is 10.9 Å². The van der Waals surface area contributed by atoms with Gasteiger partial charge in [0.15, 0.2) is 0 Å². The summed E-state index contributed by atoms with van der Waals surface area (Å²) in [5.74, 6) is 0.689. The second-order valence-corrected chi connectivity index (χ2v) is 4.25. The van der Waals surface area contributed by atoms with Gasteiger partial charge in [0.2, 0.25) is 0 Å². The number of ether oxygens (including phenoxy) is 2. The second-order valence-electron chi connectivity index (χ2n) is 3.84. The Hall–Kier alpha value is -1.26. The predicted octanol–water partition coefficient (Wildman–Crippen LogP) is 2.38. The molecule has 1 atom stereocenters. The molecule has 4 nitrogen and oxygen atoms in total. The van der Waals surface area contributed by atoms with Crippen LogP contribution >= 0.6 is 11.6 Å². The summed E-state index contributed by atoms with van der Waals surface area (Å²) >= 11 is 6.13. The SMILES string of the molecule is Clc1cc2cn[nH]c2cc1O[C@H]1CCOC1. The number of nitrogens with zero attached hydrogens (tertiary/aromatic N) is 1. The molecule has 1 fully saturated rings. The Bertz CT molecular complexity index is 506. The standard InChI is InChI=1S/C11H11ClN2O2/c12-9-3-7-5-13-14-10(7)4-11(9)16-8-1-2-15-6-8/h3-5,8H,1-2,6H2,(H,13,14)/t8-/m0/s1. The number of hydrogen-bond donors (Lipinski definition) is 1. The van der Waals surface area contributed by atoms with Gasteiger partial charge in [-0.3, -0.25) is 5.10 Å². The third kappa shape index (κ3) is 1.74. The number of halogens is 1. The minimum absolute atomic E-state index is 0.109. The Balaban J connectivity index is 1.92. The minimum Gasteiger partial charge on any atom is -0.486 e. The fraction of sp³-hybridized carbons (Fsp3) is 0.364. The molecule has 0 unspecified atom stereocenters. The van der Waals surface area contributed by atoms with Crippen molar-refractivity contribution in [2.45, 2.75) is 12.5 Å². The van der Waals surface area contributed by atoms with Crippen LogP contribution in [-0.2, 0) is 4.74 Å². The van der Waals surface area contributed by atoms with Crippen LogP contribution in [-0.4, -0.2) is 29.5 Å². The molecular formula is C11H11ClN2O2. The van der Waals surface area contributed by atoms with Crippen LogP contribution < -0.4 is 4.74 Å². The van der Waals surface area contributed by atoms with E-state index in [9.17, 15) is 0 Å². The summed E-state index contributed by atoms with van der Waals surface area (Å²) < 4.78 is 11.0. The highest BCUT2D eigenvalue weighted by Crippen LogP contribution is 2.30. The Morgan fingerprint density at radius 3 is 3.25 bits per heavy atom.